The molecule has 0 aromatic rings. The van der Waals surface area contributed by atoms with Crippen molar-refractivity contribution in [2.24, 2.45) is 0 Å². The lowest BCUT2D eigenvalue weighted by Crippen LogP contribution is -2.55. The molecule has 0 saturated carbocycles. The quantitative estimate of drug-likeness (QED) is 0.693. The lowest BCUT2D eigenvalue weighted by atomic mass is 10.1. The molecule has 19 heavy (non-hydrogen) atoms. The average molecular weight is 283 g/mol. The summed E-state index contributed by atoms with van der Waals surface area (Å²) in [6.45, 7) is 14.1. The van der Waals surface area contributed by atoms with Gasteiger partial charge in [-0.2, -0.15) is 0 Å². The molecule has 1 spiro atoms. The molecule has 1 amide bonds. The van der Waals surface area contributed by atoms with E-state index >= 15 is 0 Å². The molecule has 1 N–H and O–H groups in total. The summed E-state index contributed by atoms with van der Waals surface area (Å²) >= 11 is 1.76. The van der Waals surface area contributed by atoms with E-state index in [0.29, 0.717) is 6.54 Å². The zero-order chi connectivity index (χ0) is 14.1. The third-order valence-corrected chi connectivity index (χ3v) is 4.70. The van der Waals surface area contributed by atoms with Crippen LogP contribution in [-0.4, -0.2) is 46.5 Å². The monoisotopic (exact) mass is 283 g/mol. The Morgan fingerprint density at radius 1 is 1.58 bits per heavy atom. The van der Waals surface area contributed by atoms with Crippen LogP contribution in [0.15, 0.2) is 0 Å². The minimum Gasteiger partial charge on any atom is -0.444 e. The number of nitrogens with one attached hydrogen (secondary N) is 1. The summed E-state index contributed by atoms with van der Waals surface area (Å²) in [5, 5.41) is 3.36. The van der Waals surface area contributed by atoms with Gasteiger partial charge in [-0.1, -0.05) is 0 Å². The molecular weight excluding hydrogens is 262 g/mol. The fourth-order valence-corrected chi connectivity index (χ4v) is 3.82. The molecule has 2 saturated heterocycles. The first-order chi connectivity index (χ1) is 8.84. The van der Waals surface area contributed by atoms with Crippen LogP contribution >= 0.6 is 11.8 Å². The van der Waals surface area contributed by atoms with E-state index in [-0.39, 0.29) is 17.1 Å². The van der Waals surface area contributed by atoms with Crippen molar-refractivity contribution < 1.29 is 9.53 Å². The van der Waals surface area contributed by atoms with Gasteiger partial charge in [0.1, 0.15) is 5.60 Å². The Morgan fingerprint density at radius 2 is 2.32 bits per heavy atom. The Labute approximate surface area is 118 Å². The van der Waals surface area contributed by atoms with E-state index in [9.17, 15) is 4.79 Å². The van der Waals surface area contributed by atoms with Crippen molar-refractivity contribution in [1.82, 2.24) is 10.2 Å². The minimum absolute atomic E-state index is 0.122. The van der Waals surface area contributed by atoms with Gasteiger partial charge in [-0.05, 0) is 33.6 Å². The summed E-state index contributed by atoms with van der Waals surface area (Å²) in [5.74, 6) is 0.797. The number of likely N-dealkylation sites (tertiary alicyclic amines) is 1. The van der Waals surface area contributed by atoms with Gasteiger partial charge in [0.15, 0.2) is 0 Å². The molecule has 6 heteroatoms. The van der Waals surface area contributed by atoms with Crippen molar-refractivity contribution in [3.05, 3.63) is 11.4 Å². The van der Waals surface area contributed by atoms with Gasteiger partial charge in [-0.25, -0.2) is 16.7 Å². The number of thioether (sulfide) groups is 1. The molecule has 1 unspecified atom stereocenters. The molecule has 2 atom stereocenters. The highest BCUT2D eigenvalue weighted by molar-refractivity contribution is 8.01. The number of hydrogen-bond acceptors (Lipinski definition) is 4. The van der Waals surface area contributed by atoms with Crippen molar-refractivity contribution in [3.8, 4) is 0 Å². The van der Waals surface area contributed by atoms with Crippen LogP contribution < -0.4 is 5.32 Å². The summed E-state index contributed by atoms with van der Waals surface area (Å²) in [4.78, 5) is 17.3. The maximum absolute atomic E-state index is 12.1. The van der Waals surface area contributed by atoms with Crippen LogP contribution in [0.5, 0.6) is 0 Å². The molecule has 2 aliphatic rings. The molecule has 2 heterocycles. The molecule has 2 aliphatic heterocycles. The van der Waals surface area contributed by atoms with Gasteiger partial charge in [0.2, 0.25) is 0 Å². The maximum atomic E-state index is 12.1. The van der Waals surface area contributed by atoms with E-state index in [1.807, 2.05) is 20.8 Å². The number of nitrogens with zero attached hydrogens (tertiary/aromatic N) is 2. The highest BCUT2D eigenvalue weighted by Gasteiger charge is 2.46. The number of hydrogen-bond donors (Lipinski definition) is 1. The van der Waals surface area contributed by atoms with Crippen LogP contribution in [0.25, 0.3) is 4.85 Å². The van der Waals surface area contributed by atoms with Crippen molar-refractivity contribution >= 4 is 17.9 Å². The van der Waals surface area contributed by atoms with Crippen LogP contribution in [0, 0.1) is 6.57 Å². The second kappa shape index (κ2) is 5.22. The summed E-state index contributed by atoms with van der Waals surface area (Å²) in [5.41, 5.74) is -0.461. The maximum Gasteiger partial charge on any atom is 0.410 e. The van der Waals surface area contributed by atoms with Crippen molar-refractivity contribution in [2.75, 3.05) is 18.8 Å². The highest BCUT2D eigenvalue weighted by atomic mass is 32.2. The van der Waals surface area contributed by atoms with Crippen LogP contribution in [0.2, 0.25) is 0 Å². The van der Waals surface area contributed by atoms with E-state index in [1.54, 1.807) is 16.7 Å². The third kappa shape index (κ3) is 3.54. The zero-order valence-corrected chi connectivity index (χ0v) is 12.5. The Kier molecular flexibility index (Phi) is 3.98. The Hall–Kier alpha value is -0.930. The minimum atomic E-state index is -0.461. The van der Waals surface area contributed by atoms with E-state index in [0.717, 1.165) is 25.1 Å². The highest BCUT2D eigenvalue weighted by Crippen LogP contribution is 2.38. The van der Waals surface area contributed by atoms with E-state index < -0.39 is 5.60 Å². The van der Waals surface area contributed by atoms with Crippen LogP contribution in [-0.2, 0) is 4.74 Å². The van der Waals surface area contributed by atoms with Crippen molar-refractivity contribution in [1.29, 1.82) is 0 Å². The lowest BCUT2D eigenvalue weighted by molar-refractivity contribution is 0.0173. The first-order valence-electron chi connectivity index (χ1n) is 6.60. The van der Waals surface area contributed by atoms with Gasteiger partial charge in [0.05, 0.1) is 17.2 Å². The lowest BCUT2D eigenvalue weighted by Gasteiger charge is -2.39. The SMILES string of the molecule is [C-]#[N+][C@@H]1CSC2(CCCN(C(=O)OC(C)(C)C)C2)N1. The number of carbonyl (C=O) groups excluding carboxylic acids is 1. The average Bonchev–Trinajstić information content (AvgIpc) is 2.70. The summed E-state index contributed by atoms with van der Waals surface area (Å²) < 4.78 is 5.42. The predicted molar refractivity (Wildman–Crippen MR) is 75.8 cm³/mol. The van der Waals surface area contributed by atoms with E-state index in [1.165, 1.54) is 0 Å². The van der Waals surface area contributed by atoms with Crippen molar-refractivity contribution in [2.45, 2.75) is 50.3 Å². The normalized spacial score (nSPS) is 31.3. The number of rotatable bonds is 0. The first kappa shape index (κ1) is 14.5. The van der Waals surface area contributed by atoms with Crippen molar-refractivity contribution in [3.63, 3.8) is 0 Å². The summed E-state index contributed by atoms with van der Waals surface area (Å²) in [6.07, 6.45) is 1.58. The summed E-state index contributed by atoms with van der Waals surface area (Å²) in [6, 6.07) is 0. The standard InChI is InChI=1S/C13H21N3O2S/c1-12(2,3)18-11(17)16-7-5-6-13(9-16)15-10(14-4)8-19-13/h10,15H,5-9H2,1-3H3/t10-,13?/m0/s1. The second-order valence-electron chi connectivity index (χ2n) is 6.10. The van der Waals surface area contributed by atoms with Crippen LogP contribution in [0.3, 0.4) is 0 Å². The topological polar surface area (TPSA) is 45.9 Å². The molecule has 0 aliphatic carbocycles. The Balaban J connectivity index is 1.98. The van der Waals surface area contributed by atoms with E-state index in [4.69, 9.17) is 11.3 Å². The largest absolute Gasteiger partial charge is 0.444 e. The smallest absolute Gasteiger partial charge is 0.410 e. The molecule has 2 fully saturated rings. The molecule has 106 valence electrons. The van der Waals surface area contributed by atoms with Gasteiger partial charge >= 0.3 is 6.09 Å². The Morgan fingerprint density at radius 3 is 2.89 bits per heavy atom. The second-order valence-corrected chi connectivity index (χ2v) is 7.50. The van der Waals surface area contributed by atoms with Gasteiger partial charge in [0.25, 0.3) is 6.17 Å². The molecule has 0 bridgehead atoms. The van der Waals surface area contributed by atoms with Gasteiger partial charge in [-0.15, -0.1) is 11.8 Å². The zero-order valence-electron chi connectivity index (χ0n) is 11.7. The van der Waals surface area contributed by atoms with Gasteiger partial charge in [-0.3, -0.25) is 4.85 Å². The van der Waals surface area contributed by atoms with Gasteiger partial charge < -0.3 is 9.64 Å². The van der Waals surface area contributed by atoms with Crippen LogP contribution in [0.1, 0.15) is 33.6 Å². The third-order valence-electron chi connectivity index (χ3n) is 3.21. The van der Waals surface area contributed by atoms with Gasteiger partial charge in [0, 0.05) is 6.54 Å². The molecule has 0 radical (unpaired) electrons. The first-order valence-corrected chi connectivity index (χ1v) is 7.58. The predicted octanol–water partition coefficient (Wildman–Crippen LogP) is 2.30. The fourth-order valence-electron chi connectivity index (χ4n) is 2.43. The fraction of sp³-hybridized carbons (Fsp3) is 0.846. The molecule has 5 nitrogen and oxygen atoms in total. The number of piperidine rings is 1. The number of carbonyl (C=O) groups is 1. The molecule has 2 rings (SSSR count). The number of ether oxygens (including phenoxy) is 1. The molecular formula is C13H21N3O2S. The van der Waals surface area contributed by atoms with Crippen LogP contribution in [0.4, 0.5) is 4.79 Å². The number of amides is 1. The summed E-state index contributed by atoms with van der Waals surface area (Å²) in [7, 11) is 0. The van der Waals surface area contributed by atoms with E-state index in [2.05, 4.69) is 10.2 Å². The molecule has 0 aromatic heterocycles. The molecule has 0 aromatic carbocycles. The Bertz CT molecular complexity index is 402.